The molecular formula is C27H23N7O2. The van der Waals surface area contributed by atoms with Crippen molar-refractivity contribution in [1.29, 1.82) is 0 Å². The molecule has 0 fully saturated rings. The summed E-state index contributed by atoms with van der Waals surface area (Å²) < 4.78 is 1.67. The minimum absolute atomic E-state index is 0.00690. The van der Waals surface area contributed by atoms with E-state index in [0.717, 1.165) is 27.6 Å². The predicted octanol–water partition coefficient (Wildman–Crippen LogP) is 3.06. The van der Waals surface area contributed by atoms with Gasteiger partial charge in [-0.25, -0.2) is 9.97 Å². The normalized spacial score (nSPS) is 16.7. The summed E-state index contributed by atoms with van der Waals surface area (Å²) in [7, 11) is 1.81. The molecule has 0 bridgehead atoms. The monoisotopic (exact) mass is 477 g/mol. The van der Waals surface area contributed by atoms with E-state index in [2.05, 4.69) is 20.4 Å². The number of rotatable bonds is 4. The first-order chi connectivity index (χ1) is 17.5. The summed E-state index contributed by atoms with van der Waals surface area (Å²) >= 11 is 0. The molecule has 5 aromatic rings. The zero-order valence-electron chi connectivity index (χ0n) is 19.5. The highest BCUT2D eigenvalue weighted by molar-refractivity contribution is 5.98. The summed E-state index contributed by atoms with van der Waals surface area (Å²) in [5.74, 6) is -0.517. The molecule has 9 heteroatoms. The number of amides is 1. The Bertz CT molecular complexity index is 1630. The van der Waals surface area contributed by atoms with E-state index < -0.39 is 18.1 Å². The van der Waals surface area contributed by atoms with Gasteiger partial charge in [-0.15, -0.1) is 0 Å². The highest BCUT2D eigenvalue weighted by atomic mass is 16.3. The maximum absolute atomic E-state index is 13.4. The molecule has 1 amide bonds. The van der Waals surface area contributed by atoms with Gasteiger partial charge in [-0.05, 0) is 35.4 Å². The Morgan fingerprint density at radius 1 is 1.08 bits per heavy atom. The summed E-state index contributed by atoms with van der Waals surface area (Å²) in [4.78, 5) is 27.1. The van der Waals surface area contributed by atoms with Crippen molar-refractivity contribution in [3.63, 3.8) is 0 Å². The van der Waals surface area contributed by atoms with Crippen LogP contribution in [0.25, 0.3) is 33.5 Å². The molecule has 4 N–H and O–H groups in total. The molecule has 0 aliphatic heterocycles. The highest BCUT2D eigenvalue weighted by Crippen LogP contribution is 2.34. The van der Waals surface area contributed by atoms with Gasteiger partial charge in [0.2, 0.25) is 0 Å². The van der Waals surface area contributed by atoms with Gasteiger partial charge in [0, 0.05) is 36.8 Å². The maximum atomic E-state index is 13.4. The fourth-order valence-corrected chi connectivity index (χ4v) is 4.72. The van der Waals surface area contributed by atoms with Gasteiger partial charge in [-0.3, -0.25) is 14.5 Å². The van der Waals surface area contributed by atoms with Crippen molar-refractivity contribution < 1.29 is 9.90 Å². The maximum Gasteiger partial charge on any atom is 0.274 e. The van der Waals surface area contributed by atoms with Crippen LogP contribution in [0.3, 0.4) is 0 Å². The van der Waals surface area contributed by atoms with Crippen LogP contribution in [0, 0.1) is 0 Å². The van der Waals surface area contributed by atoms with E-state index in [-0.39, 0.29) is 11.5 Å². The van der Waals surface area contributed by atoms with E-state index in [1.54, 1.807) is 17.1 Å². The summed E-state index contributed by atoms with van der Waals surface area (Å²) in [5.41, 5.74) is 11.3. The van der Waals surface area contributed by atoms with E-state index >= 15 is 0 Å². The Balaban J connectivity index is 1.45. The number of carbonyl (C=O) groups excluding carboxylic acids is 1. The molecule has 0 saturated carbocycles. The molecule has 2 atom stereocenters. The largest absolute Gasteiger partial charge is 0.390 e. The average molecular weight is 478 g/mol. The number of aliphatic hydroxyl groups is 1. The van der Waals surface area contributed by atoms with E-state index in [1.165, 1.54) is 0 Å². The number of carbonyl (C=O) groups is 1. The SMILES string of the molecule is Cn1ccc(-c2nc(N)c(C(=O)N[C@H]3c4ccccc4C[C@@H]3O)nc2-c2ccc3ncccc3c2)n1. The van der Waals surface area contributed by atoms with Crippen LogP contribution in [0.4, 0.5) is 5.82 Å². The van der Waals surface area contributed by atoms with Gasteiger partial charge in [0.1, 0.15) is 11.4 Å². The molecule has 1 aliphatic carbocycles. The molecule has 0 spiro atoms. The lowest BCUT2D eigenvalue weighted by atomic mass is 10.0. The lowest BCUT2D eigenvalue weighted by Crippen LogP contribution is -2.35. The number of pyridine rings is 1. The van der Waals surface area contributed by atoms with Crippen LogP contribution in [0.2, 0.25) is 0 Å². The number of nitrogens with zero attached hydrogens (tertiary/aromatic N) is 5. The molecule has 0 radical (unpaired) electrons. The number of nitrogens with two attached hydrogens (primary N) is 1. The highest BCUT2D eigenvalue weighted by Gasteiger charge is 2.33. The molecule has 0 unspecified atom stereocenters. The predicted molar refractivity (Wildman–Crippen MR) is 136 cm³/mol. The Hall–Kier alpha value is -4.63. The van der Waals surface area contributed by atoms with Gasteiger partial charge in [-0.1, -0.05) is 36.4 Å². The van der Waals surface area contributed by atoms with Crippen molar-refractivity contribution in [3.8, 4) is 22.6 Å². The summed E-state index contributed by atoms with van der Waals surface area (Å²) in [6, 6.07) is 18.5. The minimum atomic E-state index is -0.735. The van der Waals surface area contributed by atoms with Crippen LogP contribution in [0.15, 0.2) is 73.1 Å². The zero-order chi connectivity index (χ0) is 24.8. The van der Waals surface area contributed by atoms with Crippen LogP contribution < -0.4 is 11.1 Å². The minimum Gasteiger partial charge on any atom is -0.390 e. The van der Waals surface area contributed by atoms with Crippen molar-refractivity contribution in [2.75, 3.05) is 5.73 Å². The van der Waals surface area contributed by atoms with Crippen LogP contribution >= 0.6 is 0 Å². The molecule has 36 heavy (non-hydrogen) atoms. The lowest BCUT2D eigenvalue weighted by Gasteiger charge is -2.19. The third-order valence-electron chi connectivity index (χ3n) is 6.46. The first-order valence-corrected chi connectivity index (χ1v) is 11.6. The Morgan fingerprint density at radius 2 is 1.94 bits per heavy atom. The molecular weight excluding hydrogens is 454 g/mol. The second kappa shape index (κ2) is 8.54. The molecule has 2 aromatic carbocycles. The number of hydrogen-bond acceptors (Lipinski definition) is 7. The quantitative estimate of drug-likeness (QED) is 0.362. The summed E-state index contributed by atoms with van der Waals surface area (Å²) in [5, 5.41) is 18.9. The molecule has 9 nitrogen and oxygen atoms in total. The van der Waals surface area contributed by atoms with Crippen LogP contribution in [0.5, 0.6) is 0 Å². The molecule has 3 heterocycles. The number of anilines is 1. The molecule has 178 valence electrons. The van der Waals surface area contributed by atoms with Gasteiger partial charge >= 0.3 is 0 Å². The molecule has 1 aliphatic rings. The number of nitrogen functional groups attached to an aromatic ring is 1. The van der Waals surface area contributed by atoms with Gasteiger partial charge in [0.15, 0.2) is 11.5 Å². The Labute approximate surface area is 206 Å². The second-order valence-electron chi connectivity index (χ2n) is 8.86. The Kier molecular flexibility index (Phi) is 5.19. The number of benzene rings is 2. The van der Waals surface area contributed by atoms with Crippen LogP contribution in [0.1, 0.15) is 27.7 Å². The van der Waals surface area contributed by atoms with Gasteiger partial charge in [0.25, 0.3) is 5.91 Å². The number of hydrogen-bond donors (Lipinski definition) is 3. The van der Waals surface area contributed by atoms with E-state index in [4.69, 9.17) is 10.7 Å². The molecule has 3 aromatic heterocycles. The number of nitrogens with one attached hydrogen (secondary N) is 1. The first kappa shape index (κ1) is 21.9. The van der Waals surface area contributed by atoms with Gasteiger partial charge in [0.05, 0.1) is 23.4 Å². The average Bonchev–Trinajstić information content (AvgIpc) is 3.46. The molecule has 0 saturated heterocycles. The Morgan fingerprint density at radius 3 is 2.78 bits per heavy atom. The number of aromatic nitrogens is 5. The third kappa shape index (κ3) is 3.75. The van der Waals surface area contributed by atoms with Crippen molar-refractivity contribution in [2.45, 2.75) is 18.6 Å². The molecule has 6 rings (SSSR count). The van der Waals surface area contributed by atoms with Crippen molar-refractivity contribution in [3.05, 3.63) is 89.9 Å². The number of aliphatic hydroxyl groups excluding tert-OH is 1. The standard InChI is InChI=1S/C27H23N7O2/c1-34-12-10-20(33-34)24-22(17-8-9-19-16(13-17)6-4-11-29-19)30-25(26(28)31-24)27(36)32-23-18-7-3-2-5-15(18)14-21(23)35/h2-13,21,23,35H,14H2,1H3,(H2,28,31)(H,32,36)/t21-,23-/m0/s1. The zero-order valence-corrected chi connectivity index (χ0v) is 19.5. The second-order valence-corrected chi connectivity index (χ2v) is 8.86. The summed E-state index contributed by atoms with van der Waals surface area (Å²) in [6.45, 7) is 0. The third-order valence-corrected chi connectivity index (χ3v) is 6.46. The lowest BCUT2D eigenvalue weighted by molar-refractivity contribution is 0.0854. The van der Waals surface area contributed by atoms with Crippen molar-refractivity contribution in [2.24, 2.45) is 7.05 Å². The van der Waals surface area contributed by atoms with E-state index in [1.807, 2.05) is 67.7 Å². The smallest absolute Gasteiger partial charge is 0.274 e. The fraction of sp³-hybridized carbons (Fsp3) is 0.148. The van der Waals surface area contributed by atoms with Gasteiger partial charge in [-0.2, -0.15) is 5.10 Å². The number of fused-ring (bicyclic) bond motifs is 2. The van der Waals surface area contributed by atoms with E-state index in [9.17, 15) is 9.90 Å². The van der Waals surface area contributed by atoms with Crippen LogP contribution in [-0.2, 0) is 13.5 Å². The van der Waals surface area contributed by atoms with Gasteiger partial charge < -0.3 is 16.2 Å². The van der Waals surface area contributed by atoms with Crippen LogP contribution in [-0.4, -0.2) is 41.9 Å². The fourth-order valence-electron chi connectivity index (χ4n) is 4.72. The van der Waals surface area contributed by atoms with Crippen molar-refractivity contribution >= 4 is 22.6 Å². The summed E-state index contributed by atoms with van der Waals surface area (Å²) in [6.07, 6.45) is 3.28. The first-order valence-electron chi connectivity index (χ1n) is 11.6. The van der Waals surface area contributed by atoms with Crippen molar-refractivity contribution in [1.82, 2.24) is 30.0 Å². The van der Waals surface area contributed by atoms with E-state index in [0.29, 0.717) is 23.5 Å². The topological polar surface area (TPSA) is 132 Å². The number of aryl methyl sites for hydroxylation is 1.